The number of hydrogen-bond donors (Lipinski definition) is 0. The Morgan fingerprint density at radius 2 is 2.36 bits per heavy atom. The average Bonchev–Trinajstić information content (AvgIpc) is 2.19. The third-order valence-electron chi connectivity index (χ3n) is 2.41. The predicted octanol–water partition coefficient (Wildman–Crippen LogP) is 1.60. The van der Waals surface area contributed by atoms with E-state index in [0.29, 0.717) is 12.0 Å². The lowest BCUT2D eigenvalue weighted by atomic mass is 9.95. The fourth-order valence-electron chi connectivity index (χ4n) is 1.66. The van der Waals surface area contributed by atoms with Gasteiger partial charge in [0.15, 0.2) is 6.10 Å². The summed E-state index contributed by atoms with van der Waals surface area (Å²) in [4.78, 5) is 11.4. The zero-order chi connectivity index (χ0) is 10.1. The second-order valence-corrected chi connectivity index (χ2v) is 3.33. The normalized spacial score (nSPS) is 19.4. The van der Waals surface area contributed by atoms with Crippen molar-refractivity contribution < 1.29 is 9.53 Å². The van der Waals surface area contributed by atoms with Crippen LogP contribution >= 0.6 is 0 Å². The molecule has 3 nitrogen and oxygen atoms in total. The summed E-state index contributed by atoms with van der Waals surface area (Å²) >= 11 is 0. The van der Waals surface area contributed by atoms with E-state index in [-0.39, 0.29) is 5.97 Å². The van der Waals surface area contributed by atoms with Crippen molar-refractivity contribution in [1.29, 1.82) is 5.26 Å². The molecule has 2 rings (SSSR count). The van der Waals surface area contributed by atoms with Crippen LogP contribution in [0.4, 0.5) is 0 Å². The quantitative estimate of drug-likeness (QED) is 0.579. The van der Waals surface area contributed by atoms with Crippen LogP contribution in [0.25, 0.3) is 0 Å². The molecular weight excluding hydrogens is 178 g/mol. The molecule has 1 atom stereocenters. The Morgan fingerprint density at radius 1 is 1.57 bits per heavy atom. The highest BCUT2D eigenvalue weighted by Gasteiger charge is 2.26. The summed E-state index contributed by atoms with van der Waals surface area (Å²) in [5.41, 5.74) is 2.58. The van der Waals surface area contributed by atoms with Gasteiger partial charge in [0, 0.05) is 6.42 Å². The van der Waals surface area contributed by atoms with Gasteiger partial charge >= 0.3 is 5.97 Å². The van der Waals surface area contributed by atoms with Gasteiger partial charge < -0.3 is 4.74 Å². The number of cyclic esters (lactones) is 1. The summed E-state index contributed by atoms with van der Waals surface area (Å²) in [6.45, 7) is 1.94. The number of rotatable bonds is 0. The van der Waals surface area contributed by atoms with Crippen LogP contribution in [0.3, 0.4) is 0 Å². The van der Waals surface area contributed by atoms with Crippen LogP contribution in [0.2, 0.25) is 0 Å². The molecule has 0 saturated carbocycles. The van der Waals surface area contributed by atoms with Crippen molar-refractivity contribution in [3.8, 4) is 6.07 Å². The molecule has 0 bridgehead atoms. The molecule has 1 aromatic carbocycles. The first-order valence-corrected chi connectivity index (χ1v) is 4.41. The van der Waals surface area contributed by atoms with E-state index in [1.165, 1.54) is 0 Å². The second kappa shape index (κ2) is 3.15. The van der Waals surface area contributed by atoms with Gasteiger partial charge in [0.25, 0.3) is 0 Å². The Kier molecular flexibility index (Phi) is 1.97. The monoisotopic (exact) mass is 187 g/mol. The van der Waals surface area contributed by atoms with E-state index >= 15 is 0 Å². The topological polar surface area (TPSA) is 50.1 Å². The number of nitrogens with zero attached hydrogens (tertiary/aromatic N) is 1. The molecular formula is C11H9NO2. The number of benzene rings is 1. The number of aryl methyl sites for hydroxylation is 1. The lowest BCUT2D eigenvalue weighted by Crippen LogP contribution is -2.26. The largest absolute Gasteiger partial charge is 0.443 e. The Morgan fingerprint density at radius 3 is 3.07 bits per heavy atom. The van der Waals surface area contributed by atoms with Gasteiger partial charge in [-0.1, -0.05) is 12.1 Å². The van der Waals surface area contributed by atoms with Gasteiger partial charge in [0.1, 0.15) is 6.07 Å². The molecule has 0 radical (unpaired) electrons. The molecule has 0 N–H and O–H groups in total. The van der Waals surface area contributed by atoms with Gasteiger partial charge in [0.2, 0.25) is 0 Å². The van der Waals surface area contributed by atoms with Crippen LogP contribution in [-0.4, -0.2) is 12.1 Å². The minimum absolute atomic E-state index is 0.387. The van der Waals surface area contributed by atoms with Gasteiger partial charge in [-0.05, 0) is 24.1 Å². The van der Waals surface area contributed by atoms with Crippen LogP contribution in [0.1, 0.15) is 21.5 Å². The maximum absolute atomic E-state index is 11.4. The summed E-state index contributed by atoms with van der Waals surface area (Å²) < 4.78 is 4.92. The van der Waals surface area contributed by atoms with E-state index in [1.807, 2.05) is 25.1 Å². The standard InChI is InChI=1S/C11H9NO2/c1-7-3-2-4-9-10(7)5-8(6-12)14-11(9)13/h2-4,8H,5H2,1H3. The third kappa shape index (κ3) is 1.25. The lowest BCUT2D eigenvalue weighted by Gasteiger charge is -2.21. The number of carbonyl (C=O) groups is 1. The molecule has 0 aromatic heterocycles. The predicted molar refractivity (Wildman–Crippen MR) is 49.7 cm³/mol. The number of nitriles is 1. The molecule has 1 aromatic rings. The minimum Gasteiger partial charge on any atom is -0.443 e. The first kappa shape index (κ1) is 8.76. The van der Waals surface area contributed by atoms with Crippen LogP contribution in [0.5, 0.6) is 0 Å². The summed E-state index contributed by atoms with van der Waals surface area (Å²) in [5.74, 6) is -0.387. The Hall–Kier alpha value is -1.82. The van der Waals surface area contributed by atoms with Gasteiger partial charge in [-0.2, -0.15) is 5.26 Å². The zero-order valence-corrected chi connectivity index (χ0v) is 7.78. The first-order valence-electron chi connectivity index (χ1n) is 4.41. The van der Waals surface area contributed by atoms with E-state index in [0.717, 1.165) is 11.1 Å². The zero-order valence-electron chi connectivity index (χ0n) is 7.78. The first-order chi connectivity index (χ1) is 6.72. The molecule has 1 aliphatic heterocycles. The number of fused-ring (bicyclic) bond motifs is 1. The lowest BCUT2D eigenvalue weighted by molar-refractivity contribution is 0.0370. The molecule has 1 heterocycles. The van der Waals surface area contributed by atoms with E-state index in [2.05, 4.69) is 0 Å². The summed E-state index contributed by atoms with van der Waals surface area (Å²) in [6, 6.07) is 7.45. The highest BCUT2D eigenvalue weighted by atomic mass is 16.5. The molecule has 0 amide bonds. The highest BCUT2D eigenvalue weighted by Crippen LogP contribution is 2.23. The molecule has 1 aliphatic rings. The summed E-state index contributed by atoms with van der Waals surface area (Å²) in [7, 11) is 0. The van der Waals surface area contributed by atoms with Gasteiger partial charge in [-0.3, -0.25) is 0 Å². The van der Waals surface area contributed by atoms with Gasteiger partial charge in [-0.15, -0.1) is 0 Å². The van der Waals surface area contributed by atoms with Gasteiger partial charge in [0.05, 0.1) is 5.56 Å². The fourth-order valence-corrected chi connectivity index (χ4v) is 1.66. The van der Waals surface area contributed by atoms with Crippen molar-refractivity contribution in [2.45, 2.75) is 19.4 Å². The molecule has 14 heavy (non-hydrogen) atoms. The Bertz CT molecular complexity index is 431. The molecule has 0 saturated heterocycles. The maximum Gasteiger partial charge on any atom is 0.339 e. The fraction of sp³-hybridized carbons (Fsp3) is 0.273. The Labute approximate surface area is 81.9 Å². The number of ether oxygens (including phenoxy) is 1. The van der Waals surface area contributed by atoms with Crippen LogP contribution in [0, 0.1) is 18.3 Å². The highest BCUT2D eigenvalue weighted by molar-refractivity contribution is 5.92. The molecule has 0 spiro atoms. The minimum atomic E-state index is -0.629. The van der Waals surface area contributed by atoms with Crippen molar-refractivity contribution in [2.75, 3.05) is 0 Å². The molecule has 0 fully saturated rings. The smallest absolute Gasteiger partial charge is 0.339 e. The maximum atomic E-state index is 11.4. The van der Waals surface area contributed by atoms with E-state index in [9.17, 15) is 4.79 Å². The number of hydrogen-bond acceptors (Lipinski definition) is 3. The SMILES string of the molecule is Cc1cccc2c1CC(C#N)OC2=O. The molecule has 1 unspecified atom stereocenters. The number of carbonyl (C=O) groups excluding carboxylic acids is 1. The third-order valence-corrected chi connectivity index (χ3v) is 2.41. The van der Waals surface area contributed by atoms with Crippen LogP contribution in [-0.2, 0) is 11.2 Å². The Balaban J connectivity index is 2.52. The van der Waals surface area contributed by atoms with Crippen molar-refractivity contribution in [3.63, 3.8) is 0 Å². The summed E-state index contributed by atoms with van der Waals surface area (Å²) in [5, 5.41) is 8.70. The number of esters is 1. The van der Waals surface area contributed by atoms with E-state index in [4.69, 9.17) is 10.00 Å². The van der Waals surface area contributed by atoms with Crippen molar-refractivity contribution in [2.24, 2.45) is 0 Å². The van der Waals surface area contributed by atoms with Crippen LogP contribution in [0.15, 0.2) is 18.2 Å². The van der Waals surface area contributed by atoms with E-state index in [1.54, 1.807) is 6.07 Å². The molecule has 0 aliphatic carbocycles. The molecule has 70 valence electrons. The summed E-state index contributed by atoms with van der Waals surface area (Å²) in [6.07, 6.45) is -0.124. The van der Waals surface area contributed by atoms with Crippen molar-refractivity contribution in [1.82, 2.24) is 0 Å². The average molecular weight is 187 g/mol. The van der Waals surface area contributed by atoms with Gasteiger partial charge in [-0.25, -0.2) is 4.79 Å². The van der Waals surface area contributed by atoms with Crippen molar-refractivity contribution >= 4 is 5.97 Å². The molecule has 3 heteroatoms. The van der Waals surface area contributed by atoms with Crippen LogP contribution < -0.4 is 0 Å². The second-order valence-electron chi connectivity index (χ2n) is 3.33. The van der Waals surface area contributed by atoms with E-state index < -0.39 is 6.10 Å². The van der Waals surface area contributed by atoms with Crippen molar-refractivity contribution in [3.05, 3.63) is 34.9 Å².